The average molecular weight is 222 g/mol. The molecule has 0 aromatic rings. The summed E-state index contributed by atoms with van der Waals surface area (Å²) in [6.45, 7) is 0. The maximum absolute atomic E-state index is 11.3. The lowest BCUT2D eigenvalue weighted by Gasteiger charge is -2.30. The molecule has 2 atom stereocenters. The van der Waals surface area contributed by atoms with Gasteiger partial charge in [0.25, 0.3) is 10.2 Å². The van der Waals surface area contributed by atoms with Crippen LogP contribution in [-0.4, -0.2) is 34.7 Å². The zero-order valence-electron chi connectivity index (χ0n) is 8.62. The van der Waals surface area contributed by atoms with Crippen molar-refractivity contribution in [1.29, 1.82) is 0 Å². The van der Waals surface area contributed by atoms with Gasteiger partial charge in [-0.3, -0.25) is 0 Å². The molecule has 0 spiro atoms. The summed E-state index contributed by atoms with van der Waals surface area (Å²) >= 11 is 0. The molecule has 0 radical (unpaired) electrons. The highest BCUT2D eigenvalue weighted by atomic mass is 32.2. The first-order chi connectivity index (χ1) is 6.59. The molecular weight excluding hydrogens is 204 g/mol. The molecule has 0 aromatic carbocycles. The van der Waals surface area contributed by atoms with Gasteiger partial charge in [0, 0.05) is 20.2 Å². The highest BCUT2D eigenvalue weighted by molar-refractivity contribution is 7.87. The number of hydrogen-bond acceptors (Lipinski definition) is 3. The molecule has 0 aliphatic heterocycles. The van der Waals surface area contributed by atoms with Crippen LogP contribution in [0.1, 0.15) is 25.7 Å². The fourth-order valence-corrected chi connectivity index (χ4v) is 2.56. The molecule has 1 aliphatic rings. The van der Waals surface area contributed by atoms with E-state index in [4.69, 9.17) is 4.74 Å². The Labute approximate surface area is 85.4 Å². The minimum atomic E-state index is -3.34. The second-order valence-electron chi connectivity index (χ2n) is 3.49. The molecule has 2 N–H and O–H groups in total. The van der Waals surface area contributed by atoms with Crippen LogP contribution in [-0.2, 0) is 14.9 Å². The molecule has 5 nitrogen and oxygen atoms in total. The van der Waals surface area contributed by atoms with Gasteiger partial charge in [-0.25, -0.2) is 4.72 Å². The fourth-order valence-electron chi connectivity index (χ4n) is 1.77. The van der Waals surface area contributed by atoms with Crippen LogP contribution in [0.4, 0.5) is 0 Å². The van der Waals surface area contributed by atoms with Crippen LogP contribution in [0, 0.1) is 0 Å². The van der Waals surface area contributed by atoms with Gasteiger partial charge in [-0.15, -0.1) is 0 Å². The number of hydrogen-bond donors (Lipinski definition) is 2. The highest BCUT2D eigenvalue weighted by Gasteiger charge is 2.27. The van der Waals surface area contributed by atoms with Gasteiger partial charge >= 0.3 is 0 Å². The summed E-state index contributed by atoms with van der Waals surface area (Å²) in [5.74, 6) is 0. The summed E-state index contributed by atoms with van der Waals surface area (Å²) in [4.78, 5) is 0. The summed E-state index contributed by atoms with van der Waals surface area (Å²) in [5, 5.41) is 0. The molecule has 0 saturated heterocycles. The van der Waals surface area contributed by atoms with E-state index >= 15 is 0 Å². The quantitative estimate of drug-likeness (QED) is 0.703. The Balaban J connectivity index is 2.57. The fraction of sp³-hybridized carbons (Fsp3) is 1.00. The van der Waals surface area contributed by atoms with Crippen molar-refractivity contribution in [2.75, 3.05) is 14.2 Å². The van der Waals surface area contributed by atoms with Crippen molar-refractivity contribution >= 4 is 10.2 Å². The van der Waals surface area contributed by atoms with Crippen LogP contribution in [0.3, 0.4) is 0 Å². The largest absolute Gasteiger partial charge is 0.380 e. The van der Waals surface area contributed by atoms with Crippen LogP contribution in [0.15, 0.2) is 0 Å². The van der Waals surface area contributed by atoms with E-state index in [1.54, 1.807) is 7.11 Å². The van der Waals surface area contributed by atoms with Gasteiger partial charge in [0.05, 0.1) is 6.10 Å². The van der Waals surface area contributed by atoms with Crippen molar-refractivity contribution in [1.82, 2.24) is 9.44 Å². The molecule has 0 heterocycles. The van der Waals surface area contributed by atoms with E-state index in [-0.39, 0.29) is 12.1 Å². The third-order valence-electron chi connectivity index (χ3n) is 2.58. The Hall–Kier alpha value is -0.170. The van der Waals surface area contributed by atoms with E-state index in [9.17, 15) is 8.42 Å². The van der Waals surface area contributed by atoms with Crippen molar-refractivity contribution in [3.63, 3.8) is 0 Å². The van der Waals surface area contributed by atoms with E-state index in [0.29, 0.717) is 0 Å². The van der Waals surface area contributed by atoms with E-state index in [1.165, 1.54) is 7.05 Å². The number of ether oxygens (including phenoxy) is 1. The smallest absolute Gasteiger partial charge is 0.276 e. The maximum atomic E-state index is 11.3. The Morgan fingerprint density at radius 3 is 2.50 bits per heavy atom. The molecule has 1 aliphatic carbocycles. The first kappa shape index (κ1) is 11.9. The van der Waals surface area contributed by atoms with Gasteiger partial charge in [0.1, 0.15) is 0 Å². The Bertz CT molecular complexity index is 266. The van der Waals surface area contributed by atoms with Crippen molar-refractivity contribution in [2.24, 2.45) is 0 Å². The van der Waals surface area contributed by atoms with Gasteiger partial charge in [-0.2, -0.15) is 13.1 Å². The van der Waals surface area contributed by atoms with Crippen LogP contribution in [0.25, 0.3) is 0 Å². The van der Waals surface area contributed by atoms with Crippen molar-refractivity contribution < 1.29 is 13.2 Å². The molecule has 0 aromatic heterocycles. The Morgan fingerprint density at radius 1 is 1.29 bits per heavy atom. The third-order valence-corrected chi connectivity index (χ3v) is 3.73. The molecule has 0 unspecified atom stereocenters. The molecule has 6 heteroatoms. The lowest BCUT2D eigenvalue weighted by Crippen LogP contribution is -2.49. The van der Waals surface area contributed by atoms with Crippen molar-refractivity contribution in [3.8, 4) is 0 Å². The second-order valence-corrected chi connectivity index (χ2v) is 5.14. The summed E-state index contributed by atoms with van der Waals surface area (Å²) in [6, 6.07) is -0.0915. The third kappa shape index (κ3) is 3.20. The second kappa shape index (κ2) is 5.06. The van der Waals surface area contributed by atoms with Crippen LogP contribution >= 0.6 is 0 Å². The monoisotopic (exact) mass is 222 g/mol. The predicted octanol–water partition coefficient (Wildman–Crippen LogP) is -0.00220. The Morgan fingerprint density at radius 2 is 1.93 bits per heavy atom. The van der Waals surface area contributed by atoms with Crippen LogP contribution in [0.2, 0.25) is 0 Å². The molecular formula is C8H18N2O3S. The summed E-state index contributed by atoms with van der Waals surface area (Å²) in [7, 11) is -0.325. The van der Waals surface area contributed by atoms with E-state index in [0.717, 1.165) is 25.7 Å². The first-order valence-corrected chi connectivity index (χ1v) is 6.31. The molecule has 14 heavy (non-hydrogen) atoms. The molecule has 84 valence electrons. The van der Waals surface area contributed by atoms with E-state index in [2.05, 4.69) is 9.44 Å². The summed E-state index contributed by atoms with van der Waals surface area (Å²) in [6.07, 6.45) is 3.94. The molecule has 1 rings (SSSR count). The van der Waals surface area contributed by atoms with E-state index in [1.807, 2.05) is 0 Å². The van der Waals surface area contributed by atoms with Gasteiger partial charge in [0.15, 0.2) is 0 Å². The topological polar surface area (TPSA) is 67.4 Å². The maximum Gasteiger partial charge on any atom is 0.276 e. The zero-order valence-corrected chi connectivity index (χ0v) is 9.43. The minimum Gasteiger partial charge on any atom is -0.380 e. The van der Waals surface area contributed by atoms with Crippen LogP contribution < -0.4 is 9.44 Å². The van der Waals surface area contributed by atoms with Crippen molar-refractivity contribution in [3.05, 3.63) is 0 Å². The predicted molar refractivity (Wildman–Crippen MR) is 54.2 cm³/mol. The number of nitrogens with one attached hydrogen (secondary N) is 2. The molecule has 1 fully saturated rings. The molecule has 1 saturated carbocycles. The zero-order chi connectivity index (χ0) is 10.6. The minimum absolute atomic E-state index is 0.00637. The molecule has 0 amide bonds. The average Bonchev–Trinajstić information content (AvgIpc) is 2.18. The van der Waals surface area contributed by atoms with Gasteiger partial charge in [-0.05, 0) is 12.8 Å². The normalized spacial score (nSPS) is 29.0. The summed E-state index contributed by atoms with van der Waals surface area (Å²) < 4.78 is 32.6. The SMILES string of the molecule is CNS(=O)(=O)N[C@@H]1CCCC[C@@H]1OC. The number of rotatable bonds is 4. The molecule has 0 bridgehead atoms. The van der Waals surface area contributed by atoms with Crippen molar-refractivity contribution in [2.45, 2.75) is 37.8 Å². The first-order valence-electron chi connectivity index (χ1n) is 4.82. The summed E-state index contributed by atoms with van der Waals surface area (Å²) in [5.41, 5.74) is 0. The standard InChI is InChI=1S/C8H18N2O3S/c1-9-14(11,12)10-7-5-3-4-6-8(7)13-2/h7-10H,3-6H2,1-2H3/t7-,8+/m1/s1. The van der Waals surface area contributed by atoms with Crippen LogP contribution in [0.5, 0.6) is 0 Å². The van der Waals surface area contributed by atoms with Gasteiger partial charge < -0.3 is 4.74 Å². The van der Waals surface area contributed by atoms with Gasteiger partial charge in [0.2, 0.25) is 0 Å². The highest BCUT2D eigenvalue weighted by Crippen LogP contribution is 2.20. The Kier molecular flexibility index (Phi) is 4.31. The lowest BCUT2D eigenvalue weighted by atomic mass is 9.93. The number of methoxy groups -OCH3 is 1. The van der Waals surface area contributed by atoms with E-state index < -0.39 is 10.2 Å². The van der Waals surface area contributed by atoms with Gasteiger partial charge in [-0.1, -0.05) is 12.8 Å². The lowest BCUT2D eigenvalue weighted by molar-refractivity contribution is 0.0492.